The SMILES string of the molecule is Cc1cn(-c2cccc3c2CCCC3)nc1N. The second kappa shape index (κ2) is 3.91. The molecule has 0 unspecified atom stereocenters. The van der Waals surface area contributed by atoms with Crippen LogP contribution in [0.1, 0.15) is 29.5 Å². The summed E-state index contributed by atoms with van der Waals surface area (Å²) < 4.78 is 1.93. The van der Waals surface area contributed by atoms with Gasteiger partial charge in [-0.05, 0) is 49.8 Å². The van der Waals surface area contributed by atoms with E-state index in [9.17, 15) is 0 Å². The molecule has 1 aliphatic carbocycles. The van der Waals surface area contributed by atoms with Crippen LogP contribution in [0.15, 0.2) is 24.4 Å². The smallest absolute Gasteiger partial charge is 0.148 e. The van der Waals surface area contributed by atoms with Gasteiger partial charge < -0.3 is 5.73 Å². The maximum absolute atomic E-state index is 5.82. The molecule has 2 N–H and O–H groups in total. The van der Waals surface area contributed by atoms with Gasteiger partial charge in [-0.2, -0.15) is 5.10 Å². The van der Waals surface area contributed by atoms with E-state index in [1.165, 1.54) is 36.1 Å². The normalized spacial score (nSPS) is 14.6. The van der Waals surface area contributed by atoms with E-state index in [1.54, 1.807) is 0 Å². The zero-order chi connectivity index (χ0) is 11.8. The van der Waals surface area contributed by atoms with E-state index in [0.717, 1.165) is 12.0 Å². The van der Waals surface area contributed by atoms with Gasteiger partial charge >= 0.3 is 0 Å². The van der Waals surface area contributed by atoms with Crippen molar-refractivity contribution >= 4 is 5.82 Å². The van der Waals surface area contributed by atoms with Crippen LogP contribution < -0.4 is 5.73 Å². The van der Waals surface area contributed by atoms with Gasteiger partial charge in [0.15, 0.2) is 0 Å². The summed E-state index contributed by atoms with van der Waals surface area (Å²) in [5, 5.41) is 4.38. The average molecular weight is 227 g/mol. The lowest BCUT2D eigenvalue weighted by Crippen LogP contribution is -2.08. The first-order valence-corrected chi connectivity index (χ1v) is 6.18. The third-order valence-corrected chi connectivity index (χ3v) is 3.55. The van der Waals surface area contributed by atoms with E-state index < -0.39 is 0 Å². The first kappa shape index (κ1) is 10.4. The molecule has 0 amide bonds. The van der Waals surface area contributed by atoms with Crippen LogP contribution in [0.3, 0.4) is 0 Å². The van der Waals surface area contributed by atoms with Crippen molar-refractivity contribution in [1.82, 2.24) is 9.78 Å². The van der Waals surface area contributed by atoms with Crippen molar-refractivity contribution in [3.63, 3.8) is 0 Å². The Hall–Kier alpha value is -1.77. The van der Waals surface area contributed by atoms with Crippen molar-refractivity contribution in [2.75, 3.05) is 5.73 Å². The zero-order valence-electron chi connectivity index (χ0n) is 10.1. The number of benzene rings is 1. The largest absolute Gasteiger partial charge is 0.382 e. The molecule has 0 spiro atoms. The van der Waals surface area contributed by atoms with E-state index >= 15 is 0 Å². The molecule has 3 heteroatoms. The molecule has 3 nitrogen and oxygen atoms in total. The molecule has 0 aliphatic heterocycles. The predicted octanol–water partition coefficient (Wildman–Crippen LogP) is 2.64. The lowest BCUT2D eigenvalue weighted by Gasteiger charge is -2.19. The second-order valence-corrected chi connectivity index (χ2v) is 4.76. The monoisotopic (exact) mass is 227 g/mol. The highest BCUT2D eigenvalue weighted by Gasteiger charge is 2.14. The van der Waals surface area contributed by atoms with Crippen LogP contribution in [0.5, 0.6) is 0 Å². The molecular weight excluding hydrogens is 210 g/mol. The lowest BCUT2D eigenvalue weighted by molar-refractivity contribution is 0.677. The van der Waals surface area contributed by atoms with Gasteiger partial charge in [0.2, 0.25) is 0 Å². The zero-order valence-corrected chi connectivity index (χ0v) is 10.1. The number of aromatic nitrogens is 2. The minimum Gasteiger partial charge on any atom is -0.382 e. The summed E-state index contributed by atoms with van der Waals surface area (Å²) in [4.78, 5) is 0. The fourth-order valence-corrected chi connectivity index (χ4v) is 2.57. The van der Waals surface area contributed by atoms with Gasteiger partial charge in [0.05, 0.1) is 5.69 Å². The van der Waals surface area contributed by atoms with Crippen molar-refractivity contribution in [2.24, 2.45) is 0 Å². The summed E-state index contributed by atoms with van der Waals surface area (Å²) in [5.74, 6) is 0.624. The highest BCUT2D eigenvalue weighted by molar-refractivity contribution is 5.49. The molecule has 17 heavy (non-hydrogen) atoms. The Morgan fingerprint density at radius 3 is 2.82 bits per heavy atom. The first-order chi connectivity index (χ1) is 8.25. The number of hydrogen-bond acceptors (Lipinski definition) is 2. The Balaban J connectivity index is 2.14. The Kier molecular flexibility index (Phi) is 2.39. The van der Waals surface area contributed by atoms with Gasteiger partial charge in [-0.3, -0.25) is 0 Å². The Morgan fingerprint density at radius 1 is 1.24 bits per heavy atom. The predicted molar refractivity (Wildman–Crippen MR) is 69.4 cm³/mol. The van der Waals surface area contributed by atoms with E-state index in [-0.39, 0.29) is 0 Å². The fraction of sp³-hybridized carbons (Fsp3) is 0.357. The van der Waals surface area contributed by atoms with Crippen LogP contribution in [0.25, 0.3) is 5.69 Å². The Bertz CT molecular complexity index is 535. The molecule has 2 aromatic rings. The summed E-state index contributed by atoms with van der Waals surface area (Å²) in [6.07, 6.45) is 6.94. The van der Waals surface area contributed by atoms with Gasteiger partial charge in [0.25, 0.3) is 0 Å². The van der Waals surface area contributed by atoms with Crippen molar-refractivity contribution in [2.45, 2.75) is 32.6 Å². The third kappa shape index (κ3) is 1.71. The van der Waals surface area contributed by atoms with Crippen molar-refractivity contribution in [1.29, 1.82) is 0 Å². The highest BCUT2D eigenvalue weighted by atomic mass is 15.3. The molecule has 88 valence electrons. The third-order valence-electron chi connectivity index (χ3n) is 3.55. The Labute approximate surface area is 101 Å². The van der Waals surface area contributed by atoms with Crippen LogP contribution in [0.2, 0.25) is 0 Å². The number of rotatable bonds is 1. The summed E-state index contributed by atoms with van der Waals surface area (Å²) in [6.45, 7) is 1.99. The summed E-state index contributed by atoms with van der Waals surface area (Å²) in [7, 11) is 0. The molecule has 1 heterocycles. The van der Waals surface area contributed by atoms with Crippen LogP contribution in [0.4, 0.5) is 5.82 Å². The maximum Gasteiger partial charge on any atom is 0.148 e. The van der Waals surface area contributed by atoms with Gasteiger partial charge in [-0.1, -0.05) is 12.1 Å². The molecule has 1 aromatic carbocycles. The standard InChI is InChI=1S/C14H17N3/c1-10-9-17(16-14(10)15)13-8-4-6-11-5-2-3-7-12(11)13/h4,6,8-9H,2-3,5,7H2,1H3,(H2,15,16). The summed E-state index contributed by atoms with van der Waals surface area (Å²) in [6, 6.07) is 6.49. The first-order valence-electron chi connectivity index (χ1n) is 6.18. The van der Waals surface area contributed by atoms with Crippen molar-refractivity contribution in [3.8, 4) is 5.69 Å². The molecule has 0 atom stereocenters. The van der Waals surface area contributed by atoms with Gasteiger partial charge in [-0.25, -0.2) is 4.68 Å². The summed E-state index contributed by atoms with van der Waals surface area (Å²) in [5.41, 5.74) is 11.0. The Morgan fingerprint density at radius 2 is 2.06 bits per heavy atom. The highest BCUT2D eigenvalue weighted by Crippen LogP contribution is 2.27. The van der Waals surface area contributed by atoms with Crippen LogP contribution in [-0.4, -0.2) is 9.78 Å². The molecule has 0 saturated carbocycles. The number of nitrogens with two attached hydrogens (primary N) is 1. The number of anilines is 1. The number of nitrogens with zero attached hydrogens (tertiary/aromatic N) is 2. The van der Waals surface area contributed by atoms with Crippen molar-refractivity contribution in [3.05, 3.63) is 41.1 Å². The van der Waals surface area contributed by atoms with Gasteiger partial charge in [0.1, 0.15) is 5.82 Å². The van der Waals surface area contributed by atoms with Crippen molar-refractivity contribution < 1.29 is 0 Å². The molecule has 3 rings (SSSR count). The number of hydrogen-bond donors (Lipinski definition) is 1. The van der Waals surface area contributed by atoms with Crippen LogP contribution >= 0.6 is 0 Å². The topological polar surface area (TPSA) is 43.8 Å². The minimum atomic E-state index is 0.624. The molecule has 0 saturated heterocycles. The lowest BCUT2D eigenvalue weighted by atomic mass is 9.90. The fourth-order valence-electron chi connectivity index (χ4n) is 2.57. The van der Waals surface area contributed by atoms with E-state index in [4.69, 9.17) is 5.73 Å². The molecule has 0 fully saturated rings. The van der Waals surface area contributed by atoms with E-state index in [0.29, 0.717) is 5.82 Å². The molecule has 1 aromatic heterocycles. The maximum atomic E-state index is 5.82. The van der Waals surface area contributed by atoms with Gasteiger partial charge in [-0.15, -0.1) is 0 Å². The second-order valence-electron chi connectivity index (χ2n) is 4.76. The summed E-state index contributed by atoms with van der Waals surface area (Å²) >= 11 is 0. The van der Waals surface area contributed by atoms with Gasteiger partial charge in [0, 0.05) is 11.8 Å². The minimum absolute atomic E-state index is 0.624. The number of aryl methyl sites for hydroxylation is 2. The van der Waals surface area contributed by atoms with E-state index in [2.05, 4.69) is 23.3 Å². The number of fused-ring (bicyclic) bond motifs is 1. The molecule has 0 bridgehead atoms. The number of nitrogen functional groups attached to an aromatic ring is 1. The van der Waals surface area contributed by atoms with Crippen LogP contribution in [0, 0.1) is 6.92 Å². The quantitative estimate of drug-likeness (QED) is 0.814. The average Bonchev–Trinajstić information content (AvgIpc) is 2.69. The molecule has 0 radical (unpaired) electrons. The van der Waals surface area contributed by atoms with Crippen LogP contribution in [-0.2, 0) is 12.8 Å². The van der Waals surface area contributed by atoms with E-state index in [1.807, 2.05) is 17.8 Å². The molecule has 1 aliphatic rings. The molecular formula is C14H17N3.